The minimum absolute atomic E-state index is 0.111. The zero-order chi connectivity index (χ0) is 19.4. The molecule has 0 spiro atoms. The first-order valence-electron chi connectivity index (χ1n) is 10.2. The first kappa shape index (κ1) is 18.9. The Morgan fingerprint density at radius 3 is 2.63 bits per heavy atom. The molecule has 4 nitrogen and oxygen atoms in total. The van der Waals surface area contributed by atoms with Crippen LogP contribution in [0.5, 0.6) is 5.75 Å². The number of methoxy groups -OCH3 is 2. The van der Waals surface area contributed by atoms with E-state index in [1.165, 1.54) is 11.1 Å². The highest BCUT2D eigenvalue weighted by Crippen LogP contribution is 2.60. The second-order valence-electron chi connectivity index (χ2n) is 9.26. The lowest BCUT2D eigenvalue weighted by atomic mass is 9.54. The largest absolute Gasteiger partial charge is 0.463 e. The minimum atomic E-state index is -0.642. The molecule has 3 aliphatic rings. The van der Waals surface area contributed by atoms with Crippen LogP contribution >= 0.6 is 0 Å². The van der Waals surface area contributed by atoms with E-state index in [2.05, 4.69) is 25.1 Å². The average molecular weight is 373 g/mol. The summed E-state index contributed by atoms with van der Waals surface area (Å²) >= 11 is 0. The van der Waals surface area contributed by atoms with E-state index < -0.39 is 5.79 Å². The molecule has 0 unspecified atom stereocenters. The number of hydrogen-bond acceptors (Lipinski definition) is 4. The molecule has 0 heterocycles. The van der Waals surface area contributed by atoms with E-state index in [0.29, 0.717) is 23.5 Å². The number of aryl methyl sites for hydroxylation is 1. The normalized spacial score (nSPS) is 35.4. The monoisotopic (exact) mass is 372 g/mol. The molecule has 0 bridgehead atoms. The third-order valence-electron chi connectivity index (χ3n) is 7.52. The van der Waals surface area contributed by atoms with Crippen molar-refractivity contribution in [3.63, 3.8) is 0 Å². The third-order valence-corrected chi connectivity index (χ3v) is 7.52. The SMILES string of the molecule is CO[C@H]1C[C@]2(C)C(=O)CC[C@H]2[C@@H]2CCc3cc(OC(C)(C)OC)ccc3[C@H]21. The summed E-state index contributed by atoms with van der Waals surface area (Å²) in [7, 11) is 3.46. The number of carbonyl (C=O) groups is 1. The molecule has 0 aliphatic heterocycles. The van der Waals surface area contributed by atoms with Crippen LogP contribution in [0.25, 0.3) is 0 Å². The molecule has 0 radical (unpaired) electrons. The maximum Gasteiger partial charge on any atom is 0.204 e. The Morgan fingerprint density at radius 1 is 1.15 bits per heavy atom. The Kier molecular flexibility index (Phi) is 4.63. The first-order chi connectivity index (χ1) is 12.8. The quantitative estimate of drug-likeness (QED) is 0.730. The summed E-state index contributed by atoms with van der Waals surface area (Å²) in [5.41, 5.74) is 2.56. The summed E-state index contributed by atoms with van der Waals surface area (Å²) in [5, 5.41) is 0. The van der Waals surface area contributed by atoms with Gasteiger partial charge in [0.25, 0.3) is 0 Å². The summed E-state index contributed by atoms with van der Waals surface area (Å²) in [6.45, 7) is 6.03. The highest BCUT2D eigenvalue weighted by atomic mass is 16.7. The van der Waals surface area contributed by atoms with E-state index in [1.54, 1.807) is 14.2 Å². The van der Waals surface area contributed by atoms with Crippen LogP contribution in [-0.4, -0.2) is 31.9 Å². The molecule has 148 valence electrons. The zero-order valence-electron chi connectivity index (χ0n) is 17.2. The van der Waals surface area contributed by atoms with Crippen LogP contribution in [-0.2, 0) is 20.7 Å². The second kappa shape index (κ2) is 6.59. The van der Waals surface area contributed by atoms with Crippen LogP contribution in [0.15, 0.2) is 18.2 Å². The molecule has 27 heavy (non-hydrogen) atoms. The lowest BCUT2D eigenvalue weighted by Gasteiger charge is -2.51. The van der Waals surface area contributed by atoms with Crippen LogP contribution in [0.1, 0.15) is 63.5 Å². The third kappa shape index (κ3) is 3.01. The lowest BCUT2D eigenvalue weighted by Crippen LogP contribution is -2.49. The van der Waals surface area contributed by atoms with E-state index in [4.69, 9.17) is 14.2 Å². The van der Waals surface area contributed by atoms with Gasteiger partial charge in [0.2, 0.25) is 5.79 Å². The summed E-state index contributed by atoms with van der Waals surface area (Å²) in [4.78, 5) is 12.6. The van der Waals surface area contributed by atoms with Gasteiger partial charge in [-0.2, -0.15) is 0 Å². The van der Waals surface area contributed by atoms with Crippen molar-refractivity contribution < 1.29 is 19.0 Å². The summed E-state index contributed by atoms with van der Waals surface area (Å²) < 4.78 is 17.4. The Morgan fingerprint density at radius 2 is 1.93 bits per heavy atom. The van der Waals surface area contributed by atoms with Crippen LogP contribution in [0, 0.1) is 17.3 Å². The maximum atomic E-state index is 12.6. The highest BCUT2D eigenvalue weighted by molar-refractivity contribution is 5.87. The number of ether oxygens (including phenoxy) is 3. The van der Waals surface area contributed by atoms with Gasteiger partial charge in [0, 0.05) is 45.8 Å². The summed E-state index contributed by atoms with van der Waals surface area (Å²) in [6, 6.07) is 6.45. The Hall–Kier alpha value is -1.39. The van der Waals surface area contributed by atoms with Gasteiger partial charge >= 0.3 is 0 Å². The van der Waals surface area contributed by atoms with E-state index in [-0.39, 0.29) is 11.5 Å². The molecular weight excluding hydrogens is 340 g/mol. The number of carbonyl (C=O) groups excluding carboxylic acids is 1. The first-order valence-corrected chi connectivity index (χ1v) is 10.2. The number of rotatable bonds is 4. The number of fused-ring (bicyclic) bond motifs is 5. The number of hydrogen-bond donors (Lipinski definition) is 0. The van der Waals surface area contributed by atoms with Crippen molar-refractivity contribution in [1.82, 2.24) is 0 Å². The molecule has 0 amide bonds. The number of benzene rings is 1. The van der Waals surface area contributed by atoms with Crippen molar-refractivity contribution in [2.45, 2.75) is 70.7 Å². The van der Waals surface area contributed by atoms with Gasteiger partial charge in [-0.05, 0) is 60.8 Å². The Bertz CT molecular complexity index is 740. The molecule has 2 fully saturated rings. The molecule has 2 saturated carbocycles. The van der Waals surface area contributed by atoms with Crippen LogP contribution < -0.4 is 4.74 Å². The maximum absolute atomic E-state index is 12.6. The van der Waals surface area contributed by atoms with Crippen molar-refractivity contribution in [1.29, 1.82) is 0 Å². The number of Topliss-reactive ketones (excluding diaryl/α,β-unsaturated/α-hetero) is 1. The Labute approximate surface area is 162 Å². The topological polar surface area (TPSA) is 44.8 Å². The summed E-state index contributed by atoms with van der Waals surface area (Å²) in [6.07, 6.45) is 4.92. The molecule has 0 saturated heterocycles. The predicted octanol–water partition coefficient (Wildman–Crippen LogP) is 4.50. The average Bonchev–Trinajstić information content (AvgIpc) is 2.95. The molecule has 1 aromatic carbocycles. The van der Waals surface area contributed by atoms with E-state index in [9.17, 15) is 4.79 Å². The molecule has 4 heteroatoms. The van der Waals surface area contributed by atoms with Crippen LogP contribution in [0.2, 0.25) is 0 Å². The van der Waals surface area contributed by atoms with E-state index in [1.807, 2.05) is 13.8 Å². The molecule has 4 rings (SSSR count). The van der Waals surface area contributed by atoms with Crippen molar-refractivity contribution in [2.24, 2.45) is 17.3 Å². The molecule has 3 aliphatic carbocycles. The van der Waals surface area contributed by atoms with Gasteiger partial charge in [0.1, 0.15) is 11.5 Å². The fourth-order valence-electron chi connectivity index (χ4n) is 6.00. The zero-order valence-corrected chi connectivity index (χ0v) is 17.2. The molecular formula is C23H32O4. The second-order valence-corrected chi connectivity index (χ2v) is 9.26. The van der Waals surface area contributed by atoms with Crippen molar-refractivity contribution in [3.05, 3.63) is 29.3 Å². The van der Waals surface area contributed by atoms with Gasteiger partial charge in [-0.1, -0.05) is 13.0 Å². The summed E-state index contributed by atoms with van der Waals surface area (Å²) in [5.74, 6) is 2.08. The van der Waals surface area contributed by atoms with Crippen molar-refractivity contribution >= 4 is 5.78 Å². The minimum Gasteiger partial charge on any atom is -0.463 e. The van der Waals surface area contributed by atoms with Gasteiger partial charge in [-0.3, -0.25) is 4.79 Å². The van der Waals surface area contributed by atoms with E-state index in [0.717, 1.165) is 37.9 Å². The standard InChI is InChI=1S/C23H32O4/c1-22(2,26-5)27-15-7-9-16-14(12-15)6-8-17-18-10-11-20(24)23(18,3)13-19(25-4)21(16)17/h7,9,12,17-19,21H,6,8,10-11,13H2,1-5H3/t17-,18-,19-,21+,23-/m0/s1. The fraction of sp³-hybridized carbons (Fsp3) is 0.696. The molecule has 0 N–H and O–H groups in total. The smallest absolute Gasteiger partial charge is 0.204 e. The lowest BCUT2D eigenvalue weighted by molar-refractivity contribution is -0.135. The van der Waals surface area contributed by atoms with Crippen molar-refractivity contribution in [3.8, 4) is 5.75 Å². The van der Waals surface area contributed by atoms with Gasteiger partial charge in [-0.15, -0.1) is 0 Å². The molecule has 1 aromatic rings. The number of ketones is 1. The van der Waals surface area contributed by atoms with Gasteiger partial charge in [-0.25, -0.2) is 0 Å². The van der Waals surface area contributed by atoms with Crippen molar-refractivity contribution in [2.75, 3.05) is 14.2 Å². The van der Waals surface area contributed by atoms with Gasteiger partial charge < -0.3 is 14.2 Å². The van der Waals surface area contributed by atoms with E-state index >= 15 is 0 Å². The van der Waals surface area contributed by atoms with Gasteiger partial charge in [0.05, 0.1) is 6.10 Å². The van der Waals surface area contributed by atoms with Gasteiger partial charge in [0.15, 0.2) is 0 Å². The van der Waals surface area contributed by atoms with Crippen LogP contribution in [0.3, 0.4) is 0 Å². The van der Waals surface area contributed by atoms with Crippen LogP contribution in [0.4, 0.5) is 0 Å². The Balaban J connectivity index is 1.67. The predicted molar refractivity (Wildman–Crippen MR) is 104 cm³/mol. The highest BCUT2D eigenvalue weighted by Gasteiger charge is 2.58. The fourth-order valence-corrected chi connectivity index (χ4v) is 6.00. The molecule has 0 aromatic heterocycles. The molecule has 5 atom stereocenters.